The summed E-state index contributed by atoms with van der Waals surface area (Å²) in [5.74, 6) is 0. The number of nitrogens with zero attached hydrogens (tertiary/aromatic N) is 1. The fourth-order valence-corrected chi connectivity index (χ4v) is 4.42. The molecule has 1 N–H and O–H groups in total. The Morgan fingerprint density at radius 2 is 1.75 bits per heavy atom. The molecule has 0 spiro atoms. The number of aromatic nitrogens is 1. The fourth-order valence-electron chi connectivity index (χ4n) is 2.34. The Balaban J connectivity index is 1.95. The zero-order valence-corrected chi connectivity index (χ0v) is 13.4. The maximum atomic E-state index is 5.47. The smallest absolute Gasteiger partial charge is 0.137 e. The summed E-state index contributed by atoms with van der Waals surface area (Å²) in [5, 5.41) is 4.93. The lowest BCUT2D eigenvalue weighted by atomic mass is 10.1. The molecule has 0 atom stereocenters. The second-order valence-electron chi connectivity index (χ2n) is 4.32. The molecule has 20 heavy (non-hydrogen) atoms. The third-order valence-corrected chi connectivity index (χ3v) is 5.56. The van der Waals surface area contributed by atoms with E-state index >= 15 is 0 Å². The highest BCUT2D eigenvalue weighted by Crippen LogP contribution is 2.38. The highest BCUT2D eigenvalue weighted by atomic mass is 32.1. The summed E-state index contributed by atoms with van der Waals surface area (Å²) in [6, 6.07) is 8.20. The molecule has 4 rings (SSSR count). The van der Waals surface area contributed by atoms with Crippen molar-refractivity contribution in [2.75, 3.05) is 0 Å². The molecule has 4 heterocycles. The third-order valence-electron chi connectivity index (χ3n) is 3.17. The lowest BCUT2D eigenvalue weighted by Gasteiger charge is -1.96. The molecule has 0 fully saturated rings. The first-order valence-corrected chi connectivity index (χ1v) is 8.53. The molecule has 3 aromatic rings. The van der Waals surface area contributed by atoms with Crippen LogP contribution in [0.25, 0.3) is 10.6 Å². The van der Waals surface area contributed by atoms with Crippen LogP contribution in [0.1, 0.15) is 16.0 Å². The van der Waals surface area contributed by atoms with Crippen LogP contribution < -0.4 is 0 Å². The summed E-state index contributed by atoms with van der Waals surface area (Å²) in [4.78, 5) is 10.9. The van der Waals surface area contributed by atoms with Gasteiger partial charge in [0, 0.05) is 11.1 Å². The average Bonchev–Trinajstić information content (AvgIpc) is 3.17. The normalized spacial score (nSPS) is 13.7. The first kappa shape index (κ1) is 12.5. The van der Waals surface area contributed by atoms with Crippen LogP contribution in [0, 0.1) is 0 Å². The number of aromatic amines is 1. The summed E-state index contributed by atoms with van der Waals surface area (Å²) < 4.78 is 0. The van der Waals surface area contributed by atoms with Gasteiger partial charge < -0.3 is 4.98 Å². The predicted octanol–water partition coefficient (Wildman–Crippen LogP) is 4.62. The Kier molecular flexibility index (Phi) is 2.92. The number of hydrogen-bond donors (Lipinski definition) is 2. The molecule has 6 heteroatoms. The van der Waals surface area contributed by atoms with Gasteiger partial charge in [0.05, 0.1) is 26.2 Å². The van der Waals surface area contributed by atoms with E-state index in [1.165, 1.54) is 0 Å². The largest absolute Gasteiger partial charge is 0.348 e. The number of hydrogen-bond acceptors (Lipinski definition) is 4. The van der Waals surface area contributed by atoms with Crippen LogP contribution in [0.4, 0.5) is 0 Å². The topological polar surface area (TPSA) is 28.1 Å². The molecule has 98 valence electrons. The molecule has 1 aliphatic rings. The number of H-pyrrole nitrogens is 1. The van der Waals surface area contributed by atoms with Crippen molar-refractivity contribution in [3.05, 3.63) is 51.0 Å². The van der Waals surface area contributed by atoms with Gasteiger partial charge in [-0.3, -0.25) is 0 Å². The van der Waals surface area contributed by atoms with Crippen LogP contribution in [0.5, 0.6) is 0 Å². The number of rotatable bonds is 2. The van der Waals surface area contributed by atoms with E-state index in [0.29, 0.717) is 4.99 Å². The van der Waals surface area contributed by atoms with E-state index < -0.39 is 0 Å². The SMILES string of the molecule is S=C1N=C(c2cccs2)c2c(S)[nH]c(-c3cccs3)c21. The lowest BCUT2D eigenvalue weighted by Crippen LogP contribution is -1.97. The Morgan fingerprint density at radius 1 is 1.05 bits per heavy atom. The lowest BCUT2D eigenvalue weighted by molar-refractivity contribution is 1.21. The van der Waals surface area contributed by atoms with Crippen LogP contribution in [0.3, 0.4) is 0 Å². The second-order valence-corrected chi connectivity index (χ2v) is 7.05. The number of thiophene rings is 2. The zero-order chi connectivity index (χ0) is 13.7. The molecule has 0 saturated carbocycles. The molecular formula is C14H8N2S4. The monoisotopic (exact) mass is 332 g/mol. The van der Waals surface area contributed by atoms with E-state index in [9.17, 15) is 0 Å². The minimum Gasteiger partial charge on any atom is -0.348 e. The maximum Gasteiger partial charge on any atom is 0.137 e. The van der Waals surface area contributed by atoms with E-state index in [1.807, 2.05) is 17.5 Å². The molecule has 0 aromatic carbocycles. The number of thiocarbonyl (C=S) groups is 1. The molecule has 0 aliphatic carbocycles. The van der Waals surface area contributed by atoms with Crippen LogP contribution in [0.2, 0.25) is 0 Å². The van der Waals surface area contributed by atoms with Gasteiger partial charge in [0.1, 0.15) is 4.99 Å². The van der Waals surface area contributed by atoms with Gasteiger partial charge in [-0.05, 0) is 22.9 Å². The van der Waals surface area contributed by atoms with E-state index in [-0.39, 0.29) is 0 Å². The maximum absolute atomic E-state index is 5.47. The molecule has 2 nitrogen and oxygen atoms in total. The number of aliphatic imine (C=N–C) groups is 1. The predicted molar refractivity (Wildman–Crippen MR) is 93.0 cm³/mol. The van der Waals surface area contributed by atoms with Crippen LogP contribution in [-0.4, -0.2) is 15.7 Å². The van der Waals surface area contributed by atoms with E-state index in [1.54, 1.807) is 22.7 Å². The van der Waals surface area contributed by atoms with Crippen molar-refractivity contribution in [2.45, 2.75) is 5.03 Å². The molecule has 0 amide bonds. The summed E-state index contributed by atoms with van der Waals surface area (Å²) in [6.45, 7) is 0. The third kappa shape index (κ3) is 1.76. The minimum absolute atomic E-state index is 0.642. The first-order chi connectivity index (χ1) is 9.75. The van der Waals surface area contributed by atoms with Crippen molar-refractivity contribution in [3.8, 4) is 10.6 Å². The fraction of sp³-hybridized carbons (Fsp3) is 0. The van der Waals surface area contributed by atoms with Crippen LogP contribution >= 0.6 is 47.5 Å². The summed E-state index contributed by atoms with van der Waals surface area (Å²) in [6.07, 6.45) is 0. The molecule has 1 aliphatic heterocycles. The van der Waals surface area contributed by atoms with Crippen molar-refractivity contribution in [1.29, 1.82) is 0 Å². The molecule has 0 radical (unpaired) electrons. The van der Waals surface area contributed by atoms with Crippen molar-refractivity contribution < 1.29 is 0 Å². The molecule has 3 aromatic heterocycles. The summed E-state index contributed by atoms with van der Waals surface area (Å²) in [7, 11) is 0. The second kappa shape index (κ2) is 4.66. The van der Waals surface area contributed by atoms with Crippen LogP contribution in [0.15, 0.2) is 45.0 Å². The van der Waals surface area contributed by atoms with Crippen molar-refractivity contribution in [3.63, 3.8) is 0 Å². The Hall–Kier alpha value is -1.21. The standard InChI is InChI=1S/C14H8N2S4/c17-13-9-10(12(16-13)8-4-2-6-20-8)14(18)15-11(9)7-3-1-5-19-7/h1-6,15,18H. The van der Waals surface area contributed by atoms with Gasteiger partial charge in [0.25, 0.3) is 0 Å². The van der Waals surface area contributed by atoms with E-state index in [2.05, 4.69) is 40.1 Å². The van der Waals surface area contributed by atoms with E-state index in [4.69, 9.17) is 12.2 Å². The van der Waals surface area contributed by atoms with Gasteiger partial charge >= 0.3 is 0 Å². The molecular weight excluding hydrogens is 324 g/mol. The highest BCUT2D eigenvalue weighted by Gasteiger charge is 2.30. The van der Waals surface area contributed by atoms with Crippen molar-refractivity contribution in [2.24, 2.45) is 4.99 Å². The Morgan fingerprint density at radius 3 is 2.40 bits per heavy atom. The molecule has 0 saturated heterocycles. The van der Waals surface area contributed by atoms with Crippen LogP contribution in [-0.2, 0) is 0 Å². The highest BCUT2D eigenvalue weighted by molar-refractivity contribution is 7.81. The van der Waals surface area contributed by atoms with Crippen molar-refractivity contribution >= 4 is 58.2 Å². The first-order valence-electron chi connectivity index (χ1n) is 5.92. The zero-order valence-electron chi connectivity index (χ0n) is 10.1. The summed E-state index contributed by atoms with van der Waals surface area (Å²) in [5.41, 5.74) is 4.00. The number of nitrogens with one attached hydrogen (secondary N) is 1. The van der Waals surface area contributed by atoms with Gasteiger partial charge in [-0.15, -0.1) is 35.3 Å². The minimum atomic E-state index is 0.642. The average molecular weight is 332 g/mol. The quantitative estimate of drug-likeness (QED) is 0.520. The number of fused-ring (bicyclic) bond motifs is 1. The molecule has 0 bridgehead atoms. The van der Waals surface area contributed by atoms with E-state index in [0.717, 1.165) is 37.3 Å². The number of thiol groups is 1. The Bertz CT molecular complexity index is 823. The Labute approximate surface area is 134 Å². The van der Waals surface area contributed by atoms with Gasteiger partial charge in [-0.1, -0.05) is 24.4 Å². The van der Waals surface area contributed by atoms with Gasteiger partial charge in [0.2, 0.25) is 0 Å². The van der Waals surface area contributed by atoms with Gasteiger partial charge in [-0.2, -0.15) is 0 Å². The van der Waals surface area contributed by atoms with Gasteiger partial charge in [-0.25, -0.2) is 4.99 Å². The van der Waals surface area contributed by atoms with Crippen molar-refractivity contribution in [1.82, 2.24) is 4.98 Å². The van der Waals surface area contributed by atoms with Gasteiger partial charge in [0.15, 0.2) is 0 Å². The molecule has 0 unspecified atom stereocenters. The summed E-state index contributed by atoms with van der Waals surface area (Å²) >= 11 is 13.4.